The number of thiazole rings is 1. The number of amides is 1. The first-order chi connectivity index (χ1) is 12.7. The van der Waals surface area contributed by atoms with Gasteiger partial charge in [0.15, 0.2) is 5.13 Å². The Bertz CT molecular complexity index is 881. The summed E-state index contributed by atoms with van der Waals surface area (Å²) in [7, 11) is 0. The number of benzene rings is 1. The number of carbonyl (C=O) groups excluding carboxylic acids is 1. The van der Waals surface area contributed by atoms with Gasteiger partial charge in [-0.25, -0.2) is 4.98 Å². The summed E-state index contributed by atoms with van der Waals surface area (Å²) in [6, 6.07) is 9.54. The SMILES string of the molecule is CCCCOc1ccc(-c2csc(NC(=O)c3cncc(Br)c3)n2)cc1. The van der Waals surface area contributed by atoms with Crippen LogP contribution < -0.4 is 10.1 Å². The van der Waals surface area contributed by atoms with Crippen LogP contribution in [0.5, 0.6) is 5.75 Å². The van der Waals surface area contributed by atoms with Gasteiger partial charge in [-0.2, -0.15) is 0 Å². The van der Waals surface area contributed by atoms with E-state index in [2.05, 4.69) is 38.1 Å². The number of hydrogen-bond donors (Lipinski definition) is 1. The van der Waals surface area contributed by atoms with Crippen LogP contribution in [0.3, 0.4) is 0 Å². The molecule has 0 spiro atoms. The van der Waals surface area contributed by atoms with Crippen LogP contribution in [0.1, 0.15) is 30.1 Å². The molecular formula is C19H18BrN3O2S. The monoisotopic (exact) mass is 431 g/mol. The number of pyridine rings is 1. The fourth-order valence-electron chi connectivity index (χ4n) is 2.23. The van der Waals surface area contributed by atoms with Crippen molar-refractivity contribution in [3.05, 3.63) is 58.1 Å². The molecule has 0 radical (unpaired) electrons. The lowest BCUT2D eigenvalue weighted by atomic mass is 10.2. The Morgan fingerprint density at radius 3 is 2.81 bits per heavy atom. The quantitative estimate of drug-likeness (QED) is 0.508. The maximum atomic E-state index is 12.3. The summed E-state index contributed by atoms with van der Waals surface area (Å²) in [5, 5.41) is 5.27. The predicted molar refractivity (Wildman–Crippen MR) is 108 cm³/mol. The molecule has 0 unspecified atom stereocenters. The number of carbonyl (C=O) groups is 1. The standard InChI is InChI=1S/C19H18BrN3O2S/c1-2-3-8-25-16-6-4-13(5-7-16)17-12-26-19(22-17)23-18(24)14-9-15(20)11-21-10-14/h4-7,9-12H,2-3,8H2,1H3,(H,22,23,24). The number of anilines is 1. The van der Waals surface area contributed by atoms with Crippen molar-refractivity contribution in [2.75, 3.05) is 11.9 Å². The van der Waals surface area contributed by atoms with Crippen LogP contribution in [0.2, 0.25) is 0 Å². The summed E-state index contributed by atoms with van der Waals surface area (Å²) in [5.74, 6) is 0.618. The van der Waals surface area contributed by atoms with Crippen LogP contribution in [0.25, 0.3) is 11.3 Å². The molecule has 0 aliphatic rings. The van der Waals surface area contributed by atoms with E-state index in [1.807, 2.05) is 29.6 Å². The van der Waals surface area contributed by atoms with Gasteiger partial charge in [-0.1, -0.05) is 13.3 Å². The van der Waals surface area contributed by atoms with E-state index >= 15 is 0 Å². The minimum absolute atomic E-state index is 0.237. The Morgan fingerprint density at radius 2 is 2.08 bits per heavy atom. The van der Waals surface area contributed by atoms with E-state index < -0.39 is 0 Å². The Morgan fingerprint density at radius 1 is 1.27 bits per heavy atom. The average molecular weight is 432 g/mol. The topological polar surface area (TPSA) is 64.1 Å². The van der Waals surface area contributed by atoms with Crippen LogP contribution in [0, 0.1) is 0 Å². The summed E-state index contributed by atoms with van der Waals surface area (Å²) in [6.07, 6.45) is 5.31. The minimum atomic E-state index is -0.237. The number of ether oxygens (including phenoxy) is 1. The number of aromatic nitrogens is 2. The maximum absolute atomic E-state index is 12.3. The molecule has 3 aromatic rings. The highest BCUT2D eigenvalue weighted by molar-refractivity contribution is 9.10. The Balaban J connectivity index is 1.65. The number of hydrogen-bond acceptors (Lipinski definition) is 5. The number of rotatable bonds is 7. The van der Waals surface area contributed by atoms with Crippen molar-refractivity contribution in [3.8, 4) is 17.0 Å². The van der Waals surface area contributed by atoms with Crippen LogP contribution in [0.15, 0.2) is 52.6 Å². The summed E-state index contributed by atoms with van der Waals surface area (Å²) in [6.45, 7) is 2.87. The van der Waals surface area contributed by atoms with E-state index in [-0.39, 0.29) is 5.91 Å². The molecule has 0 aliphatic carbocycles. The maximum Gasteiger partial charge on any atom is 0.259 e. The fourth-order valence-corrected chi connectivity index (χ4v) is 3.30. The van der Waals surface area contributed by atoms with E-state index in [9.17, 15) is 4.79 Å². The summed E-state index contributed by atoms with van der Waals surface area (Å²) in [5.41, 5.74) is 2.27. The lowest BCUT2D eigenvalue weighted by Gasteiger charge is -2.05. The van der Waals surface area contributed by atoms with Crippen molar-refractivity contribution < 1.29 is 9.53 Å². The largest absolute Gasteiger partial charge is 0.494 e. The van der Waals surface area contributed by atoms with Crippen molar-refractivity contribution in [1.29, 1.82) is 0 Å². The molecule has 7 heteroatoms. The third-order valence-corrected chi connectivity index (χ3v) is 4.80. The molecule has 1 N–H and O–H groups in total. The molecule has 26 heavy (non-hydrogen) atoms. The minimum Gasteiger partial charge on any atom is -0.494 e. The summed E-state index contributed by atoms with van der Waals surface area (Å²) in [4.78, 5) is 20.7. The van der Waals surface area contributed by atoms with Crippen molar-refractivity contribution >= 4 is 38.3 Å². The van der Waals surface area contributed by atoms with Crippen molar-refractivity contribution in [3.63, 3.8) is 0 Å². The van der Waals surface area contributed by atoms with Gasteiger partial charge >= 0.3 is 0 Å². The van der Waals surface area contributed by atoms with Gasteiger partial charge in [-0.3, -0.25) is 15.1 Å². The lowest BCUT2D eigenvalue weighted by molar-refractivity contribution is 0.102. The lowest BCUT2D eigenvalue weighted by Crippen LogP contribution is -2.11. The van der Waals surface area contributed by atoms with Crippen LogP contribution in [0.4, 0.5) is 5.13 Å². The number of nitrogens with zero attached hydrogens (tertiary/aromatic N) is 2. The highest BCUT2D eigenvalue weighted by Gasteiger charge is 2.11. The summed E-state index contributed by atoms with van der Waals surface area (Å²) < 4.78 is 6.42. The van der Waals surface area contributed by atoms with Gasteiger partial charge in [0.05, 0.1) is 17.9 Å². The zero-order chi connectivity index (χ0) is 18.4. The molecule has 0 fully saturated rings. The predicted octanol–water partition coefficient (Wildman–Crippen LogP) is 5.40. The first-order valence-corrected chi connectivity index (χ1v) is 9.93. The molecule has 5 nitrogen and oxygen atoms in total. The molecule has 0 aliphatic heterocycles. The van der Waals surface area contributed by atoms with Gasteiger partial charge in [-0.05, 0) is 52.7 Å². The van der Waals surface area contributed by atoms with Gasteiger partial charge in [0.2, 0.25) is 0 Å². The van der Waals surface area contributed by atoms with Gasteiger partial charge in [0.25, 0.3) is 5.91 Å². The van der Waals surface area contributed by atoms with Crippen LogP contribution in [-0.2, 0) is 0 Å². The third kappa shape index (κ3) is 4.89. The molecule has 3 rings (SSSR count). The second-order valence-corrected chi connectivity index (χ2v) is 7.38. The van der Waals surface area contributed by atoms with Crippen molar-refractivity contribution in [2.24, 2.45) is 0 Å². The van der Waals surface area contributed by atoms with Gasteiger partial charge in [-0.15, -0.1) is 11.3 Å². The normalized spacial score (nSPS) is 10.5. The fraction of sp³-hybridized carbons (Fsp3) is 0.211. The zero-order valence-electron chi connectivity index (χ0n) is 14.2. The second-order valence-electron chi connectivity index (χ2n) is 5.61. The molecule has 1 aromatic carbocycles. The molecule has 0 saturated heterocycles. The summed E-state index contributed by atoms with van der Waals surface area (Å²) >= 11 is 4.70. The number of unbranched alkanes of at least 4 members (excludes halogenated alkanes) is 1. The third-order valence-electron chi connectivity index (χ3n) is 3.61. The van der Waals surface area contributed by atoms with E-state index in [1.165, 1.54) is 17.5 Å². The second kappa shape index (κ2) is 8.91. The molecule has 2 aromatic heterocycles. The smallest absolute Gasteiger partial charge is 0.259 e. The molecule has 0 atom stereocenters. The molecule has 134 valence electrons. The van der Waals surface area contributed by atoms with Gasteiger partial charge < -0.3 is 4.74 Å². The van der Waals surface area contributed by atoms with E-state index in [0.29, 0.717) is 10.7 Å². The highest BCUT2D eigenvalue weighted by atomic mass is 79.9. The van der Waals surface area contributed by atoms with E-state index in [0.717, 1.165) is 40.9 Å². The first kappa shape index (κ1) is 18.5. The van der Waals surface area contributed by atoms with Crippen LogP contribution >= 0.6 is 27.3 Å². The Labute approximate surface area is 164 Å². The van der Waals surface area contributed by atoms with Gasteiger partial charge in [0, 0.05) is 27.8 Å². The number of halogens is 1. The molecule has 0 saturated carbocycles. The van der Waals surface area contributed by atoms with Crippen LogP contribution in [-0.4, -0.2) is 22.5 Å². The van der Waals surface area contributed by atoms with Crippen molar-refractivity contribution in [2.45, 2.75) is 19.8 Å². The van der Waals surface area contributed by atoms with E-state index in [4.69, 9.17) is 4.74 Å². The zero-order valence-corrected chi connectivity index (χ0v) is 16.6. The average Bonchev–Trinajstić information content (AvgIpc) is 3.11. The first-order valence-electron chi connectivity index (χ1n) is 8.26. The molecule has 0 bridgehead atoms. The molecule has 1 amide bonds. The Hall–Kier alpha value is -2.25. The number of nitrogens with one attached hydrogen (secondary N) is 1. The van der Waals surface area contributed by atoms with Gasteiger partial charge in [0.1, 0.15) is 5.75 Å². The Kier molecular flexibility index (Phi) is 6.35. The van der Waals surface area contributed by atoms with E-state index in [1.54, 1.807) is 12.3 Å². The highest BCUT2D eigenvalue weighted by Crippen LogP contribution is 2.27. The molecule has 2 heterocycles. The van der Waals surface area contributed by atoms with Crippen molar-refractivity contribution in [1.82, 2.24) is 9.97 Å². The molecular weight excluding hydrogens is 414 g/mol.